The molecular weight excluding hydrogens is 691 g/mol. The predicted octanol–water partition coefficient (Wildman–Crippen LogP) is 7.01. The molecule has 0 aliphatic heterocycles. The number of aliphatic hydroxyl groups is 1. The van der Waals surface area contributed by atoms with Gasteiger partial charge < -0.3 is 26.6 Å². The van der Waals surface area contributed by atoms with Gasteiger partial charge in [-0.05, 0) is 67.3 Å². The minimum Gasteiger partial charge on any atom is -0.496 e. The number of carbonyl (C=O) groups is 1. The summed E-state index contributed by atoms with van der Waals surface area (Å²) in [7, 11) is 1.56. The van der Waals surface area contributed by atoms with Crippen molar-refractivity contribution in [2.24, 2.45) is 0 Å². The quantitative estimate of drug-likeness (QED) is 0.130. The molecule has 0 saturated heterocycles. The van der Waals surface area contributed by atoms with Gasteiger partial charge in [-0.2, -0.15) is 5.10 Å². The third kappa shape index (κ3) is 8.77. The van der Waals surface area contributed by atoms with Crippen LogP contribution in [0.1, 0.15) is 50.8 Å². The second-order valence-corrected chi connectivity index (χ2v) is 13.3. The Labute approximate surface area is 320 Å². The molecule has 0 spiro atoms. The van der Waals surface area contributed by atoms with Crippen molar-refractivity contribution in [3.05, 3.63) is 143 Å². The van der Waals surface area contributed by atoms with Crippen molar-refractivity contribution in [3.63, 3.8) is 0 Å². The number of aliphatic hydroxyl groups excluding tert-OH is 1. The number of nitrogens with two attached hydrogens (primary N) is 2. The van der Waals surface area contributed by atoms with Crippen molar-refractivity contribution < 1.29 is 14.6 Å². The number of aromatic nitrogens is 6. The number of rotatable bonds is 6. The first kappa shape index (κ1) is 38.1. The van der Waals surface area contributed by atoms with Crippen LogP contribution in [0.3, 0.4) is 0 Å². The average Bonchev–Trinajstić information content (AvgIpc) is 3.81. The third-order valence-electron chi connectivity index (χ3n) is 9.66. The summed E-state index contributed by atoms with van der Waals surface area (Å²) in [6.07, 6.45) is 6.60. The standard InChI is InChI=1S/C29H26N6O3.C8H10.C6H9N3/c1-38-24-13-20-5-3-2-4-19(20)12-23(24)29(37)31-15-17-6-8-18(9-7-17)26-25-27(30)32-16-33-28(25)35(34-26)21-10-11-22(36)14-21;1-7-5-3-4-6-8(7)2;1-4-5(2)8-3-9-6(4)7/h2-13,16,21-22,36H,14-15H2,1H3,(H,31,37)(H2,30,32,33);3-6H,1-2H3;3H,1-2H3,(H2,7,8,9). The van der Waals surface area contributed by atoms with E-state index >= 15 is 0 Å². The molecule has 1 aliphatic carbocycles. The lowest BCUT2D eigenvalue weighted by molar-refractivity contribution is 0.0948. The van der Waals surface area contributed by atoms with Crippen molar-refractivity contribution in [2.45, 2.75) is 52.8 Å². The number of aryl methyl sites for hydroxylation is 3. The van der Waals surface area contributed by atoms with E-state index in [4.69, 9.17) is 21.3 Å². The van der Waals surface area contributed by atoms with Gasteiger partial charge in [-0.15, -0.1) is 0 Å². The van der Waals surface area contributed by atoms with Crippen LogP contribution in [0.4, 0.5) is 11.6 Å². The number of hydrogen-bond donors (Lipinski definition) is 4. The zero-order valence-electron chi connectivity index (χ0n) is 31.6. The number of carbonyl (C=O) groups excluding carboxylic acids is 1. The molecule has 12 heteroatoms. The SMILES string of the molecule is COc1cc2ccccc2cc1C(=O)NCc1ccc(-c2nn(C3C=CC(O)C3)c3ncnc(N)c23)cc1.Cc1ccccc1C.Cc1ncnc(N)c1C. The van der Waals surface area contributed by atoms with E-state index in [2.05, 4.69) is 63.4 Å². The van der Waals surface area contributed by atoms with Crippen molar-refractivity contribution in [3.8, 4) is 17.0 Å². The Kier molecular flexibility index (Phi) is 11.8. The Morgan fingerprint density at radius 1 is 0.836 bits per heavy atom. The number of anilines is 2. The topological polar surface area (TPSA) is 180 Å². The molecule has 0 bridgehead atoms. The molecule has 2 unspecified atom stereocenters. The molecule has 280 valence electrons. The van der Waals surface area contributed by atoms with E-state index < -0.39 is 6.10 Å². The van der Waals surface area contributed by atoms with Crippen LogP contribution in [-0.4, -0.2) is 53.9 Å². The van der Waals surface area contributed by atoms with Crippen LogP contribution >= 0.6 is 0 Å². The van der Waals surface area contributed by atoms with Crippen molar-refractivity contribution in [2.75, 3.05) is 18.6 Å². The number of amides is 1. The summed E-state index contributed by atoms with van der Waals surface area (Å²) in [5, 5.41) is 20.4. The molecule has 8 rings (SSSR count). The lowest BCUT2D eigenvalue weighted by atomic mass is 10.0. The molecule has 55 heavy (non-hydrogen) atoms. The molecule has 12 nitrogen and oxygen atoms in total. The first-order valence-corrected chi connectivity index (χ1v) is 17.9. The zero-order valence-corrected chi connectivity index (χ0v) is 31.6. The van der Waals surface area contributed by atoms with Crippen LogP contribution in [-0.2, 0) is 6.54 Å². The highest BCUT2D eigenvalue weighted by atomic mass is 16.5. The van der Waals surface area contributed by atoms with Gasteiger partial charge in [0.15, 0.2) is 5.65 Å². The fraction of sp³-hybridized carbons (Fsp3) is 0.209. The molecule has 0 radical (unpaired) electrons. The zero-order chi connectivity index (χ0) is 39.1. The maximum Gasteiger partial charge on any atom is 0.255 e. The number of allylic oxidation sites excluding steroid dienone is 1. The highest BCUT2D eigenvalue weighted by Crippen LogP contribution is 2.34. The first-order valence-electron chi connectivity index (χ1n) is 17.9. The smallest absolute Gasteiger partial charge is 0.255 e. The molecule has 3 heterocycles. The van der Waals surface area contributed by atoms with E-state index in [0.29, 0.717) is 52.6 Å². The Balaban J connectivity index is 0.000000248. The molecule has 7 aromatic rings. The summed E-state index contributed by atoms with van der Waals surface area (Å²) in [5.74, 6) is 1.24. The van der Waals surface area contributed by atoms with E-state index in [1.807, 2.05) is 80.6 Å². The lowest BCUT2D eigenvalue weighted by Gasteiger charge is -2.11. The summed E-state index contributed by atoms with van der Waals surface area (Å²) >= 11 is 0. The van der Waals surface area contributed by atoms with E-state index in [9.17, 15) is 9.90 Å². The number of hydrogen-bond acceptors (Lipinski definition) is 10. The largest absolute Gasteiger partial charge is 0.496 e. The highest BCUT2D eigenvalue weighted by Gasteiger charge is 2.25. The van der Waals surface area contributed by atoms with Gasteiger partial charge in [0.1, 0.15) is 35.7 Å². The van der Waals surface area contributed by atoms with Crippen LogP contribution in [0.15, 0.2) is 110 Å². The molecule has 3 aromatic heterocycles. The molecular formula is C43H45N9O3. The van der Waals surface area contributed by atoms with Crippen molar-refractivity contribution in [1.29, 1.82) is 0 Å². The predicted molar refractivity (Wildman–Crippen MR) is 217 cm³/mol. The molecule has 4 aromatic carbocycles. The molecule has 2 atom stereocenters. The summed E-state index contributed by atoms with van der Waals surface area (Å²) in [4.78, 5) is 29.4. The first-order chi connectivity index (χ1) is 26.5. The Morgan fingerprint density at radius 2 is 1.47 bits per heavy atom. The number of nitrogens with one attached hydrogen (secondary N) is 1. The maximum atomic E-state index is 13.0. The minimum absolute atomic E-state index is 0.114. The average molecular weight is 736 g/mol. The number of nitrogen functional groups attached to an aromatic ring is 2. The van der Waals surface area contributed by atoms with Gasteiger partial charge in [-0.25, -0.2) is 24.6 Å². The summed E-state index contributed by atoms with van der Waals surface area (Å²) in [6, 6.07) is 27.6. The molecule has 0 saturated carbocycles. The fourth-order valence-electron chi connectivity index (χ4n) is 6.11. The lowest BCUT2D eigenvalue weighted by Crippen LogP contribution is -2.23. The molecule has 1 aliphatic rings. The molecule has 6 N–H and O–H groups in total. The van der Waals surface area contributed by atoms with Gasteiger partial charge >= 0.3 is 0 Å². The van der Waals surface area contributed by atoms with Crippen LogP contribution in [0.25, 0.3) is 33.1 Å². The van der Waals surface area contributed by atoms with Crippen LogP contribution in [0, 0.1) is 27.7 Å². The van der Waals surface area contributed by atoms with Gasteiger partial charge in [0.25, 0.3) is 5.91 Å². The Morgan fingerprint density at radius 3 is 2.07 bits per heavy atom. The van der Waals surface area contributed by atoms with E-state index in [1.54, 1.807) is 17.9 Å². The van der Waals surface area contributed by atoms with Gasteiger partial charge in [0, 0.05) is 29.8 Å². The Bertz CT molecular complexity index is 2440. The van der Waals surface area contributed by atoms with Crippen LogP contribution in [0.5, 0.6) is 5.75 Å². The normalized spacial score (nSPS) is 14.5. The summed E-state index contributed by atoms with van der Waals surface area (Å²) in [5.41, 5.74) is 19.9. The third-order valence-corrected chi connectivity index (χ3v) is 9.66. The number of ether oxygens (including phenoxy) is 1. The minimum atomic E-state index is -0.508. The number of fused-ring (bicyclic) bond motifs is 2. The van der Waals surface area contributed by atoms with Gasteiger partial charge in [0.05, 0.1) is 30.2 Å². The van der Waals surface area contributed by atoms with Gasteiger partial charge in [-0.3, -0.25) is 4.79 Å². The van der Waals surface area contributed by atoms with E-state index in [1.165, 1.54) is 23.8 Å². The van der Waals surface area contributed by atoms with Crippen molar-refractivity contribution >= 4 is 39.3 Å². The van der Waals surface area contributed by atoms with E-state index in [0.717, 1.165) is 33.2 Å². The number of methoxy groups -OCH3 is 1. The van der Waals surface area contributed by atoms with Crippen LogP contribution < -0.4 is 21.5 Å². The number of benzene rings is 4. The number of nitrogens with zero attached hydrogens (tertiary/aromatic N) is 6. The second kappa shape index (κ2) is 17.0. The second-order valence-electron chi connectivity index (χ2n) is 13.3. The van der Waals surface area contributed by atoms with Gasteiger partial charge in [-0.1, -0.05) is 84.9 Å². The van der Waals surface area contributed by atoms with Gasteiger partial charge in [0.2, 0.25) is 0 Å². The molecule has 0 fully saturated rings. The molecule has 1 amide bonds. The van der Waals surface area contributed by atoms with Crippen molar-refractivity contribution in [1.82, 2.24) is 35.0 Å². The fourth-order valence-corrected chi connectivity index (χ4v) is 6.11. The monoisotopic (exact) mass is 735 g/mol. The Hall–Kier alpha value is -6.66. The van der Waals surface area contributed by atoms with E-state index in [-0.39, 0.29) is 11.9 Å². The summed E-state index contributed by atoms with van der Waals surface area (Å²) < 4.78 is 7.26. The summed E-state index contributed by atoms with van der Waals surface area (Å²) in [6.45, 7) is 8.41. The maximum absolute atomic E-state index is 13.0. The highest BCUT2D eigenvalue weighted by molar-refractivity contribution is 6.02. The van der Waals surface area contributed by atoms with Crippen LogP contribution in [0.2, 0.25) is 0 Å².